The van der Waals surface area contributed by atoms with Crippen LogP contribution < -0.4 is 5.56 Å². The summed E-state index contributed by atoms with van der Waals surface area (Å²) in [4.78, 5) is 24.7. The fourth-order valence-corrected chi connectivity index (χ4v) is 1.77. The van der Waals surface area contributed by atoms with Crippen molar-refractivity contribution in [1.82, 2.24) is 14.7 Å². The largest absolute Gasteiger partial charge is 0.336 e. The predicted octanol–water partition coefficient (Wildman–Crippen LogP) is 1.19. The van der Waals surface area contributed by atoms with Crippen LogP contribution in [0.4, 0.5) is 4.39 Å². The normalized spacial score (nSPS) is 10.3. The molecule has 0 atom stereocenters. The zero-order valence-electron chi connectivity index (χ0n) is 11.2. The molecule has 0 spiro atoms. The van der Waals surface area contributed by atoms with Crippen molar-refractivity contribution in [1.29, 1.82) is 0 Å². The van der Waals surface area contributed by atoms with Gasteiger partial charge in [0.1, 0.15) is 11.5 Å². The van der Waals surface area contributed by atoms with Crippen molar-refractivity contribution in [2.45, 2.75) is 6.54 Å². The molecule has 6 heteroatoms. The Labute approximate surface area is 115 Å². The third-order valence-corrected chi connectivity index (χ3v) is 2.89. The van der Waals surface area contributed by atoms with Crippen LogP contribution in [0.1, 0.15) is 16.1 Å². The van der Waals surface area contributed by atoms with E-state index in [9.17, 15) is 14.0 Å². The van der Waals surface area contributed by atoms with E-state index in [1.165, 1.54) is 30.1 Å². The predicted molar refractivity (Wildman–Crippen MR) is 71.7 cm³/mol. The van der Waals surface area contributed by atoms with Crippen LogP contribution in [0.2, 0.25) is 0 Å². The number of halogens is 1. The Hall–Kier alpha value is -2.50. The number of amides is 1. The van der Waals surface area contributed by atoms with E-state index in [2.05, 4.69) is 5.10 Å². The molecule has 104 valence electrons. The zero-order valence-corrected chi connectivity index (χ0v) is 11.2. The van der Waals surface area contributed by atoms with Gasteiger partial charge in [-0.05, 0) is 12.1 Å². The summed E-state index contributed by atoms with van der Waals surface area (Å²) in [6, 6.07) is 8.90. The third kappa shape index (κ3) is 2.90. The van der Waals surface area contributed by atoms with Gasteiger partial charge in [-0.15, -0.1) is 0 Å². The minimum absolute atomic E-state index is 0.135. The molecule has 0 bridgehead atoms. The van der Waals surface area contributed by atoms with Gasteiger partial charge < -0.3 is 4.90 Å². The lowest BCUT2D eigenvalue weighted by atomic mass is 10.2. The summed E-state index contributed by atoms with van der Waals surface area (Å²) < 4.78 is 14.6. The molecule has 2 aromatic rings. The van der Waals surface area contributed by atoms with Crippen LogP contribution in [-0.2, 0) is 13.6 Å². The molecule has 1 amide bonds. The van der Waals surface area contributed by atoms with Crippen LogP contribution in [0.5, 0.6) is 0 Å². The first-order valence-electron chi connectivity index (χ1n) is 6.02. The Bertz CT molecular complexity index is 697. The molecule has 1 aromatic heterocycles. The molecule has 1 heterocycles. The average molecular weight is 275 g/mol. The Morgan fingerprint density at radius 3 is 2.65 bits per heavy atom. The molecule has 0 aliphatic heterocycles. The van der Waals surface area contributed by atoms with Gasteiger partial charge in [-0.3, -0.25) is 9.59 Å². The first-order valence-corrected chi connectivity index (χ1v) is 6.02. The van der Waals surface area contributed by atoms with Gasteiger partial charge in [0.25, 0.3) is 11.5 Å². The van der Waals surface area contributed by atoms with Gasteiger partial charge in [-0.1, -0.05) is 18.2 Å². The minimum Gasteiger partial charge on any atom is -0.336 e. The molecule has 2 rings (SSSR count). The summed E-state index contributed by atoms with van der Waals surface area (Å²) in [5.74, 6) is -0.732. The van der Waals surface area contributed by atoms with E-state index in [0.717, 1.165) is 4.68 Å². The van der Waals surface area contributed by atoms with Gasteiger partial charge in [0.2, 0.25) is 0 Å². The number of rotatable bonds is 3. The molecule has 5 nitrogen and oxygen atoms in total. The lowest BCUT2D eigenvalue weighted by molar-refractivity contribution is 0.0775. The highest BCUT2D eigenvalue weighted by Gasteiger charge is 2.15. The van der Waals surface area contributed by atoms with Crippen LogP contribution in [-0.4, -0.2) is 27.6 Å². The highest BCUT2D eigenvalue weighted by molar-refractivity contribution is 5.91. The van der Waals surface area contributed by atoms with E-state index in [1.54, 1.807) is 25.2 Å². The van der Waals surface area contributed by atoms with Crippen LogP contribution in [0.3, 0.4) is 0 Å². The van der Waals surface area contributed by atoms with Crippen molar-refractivity contribution in [2.24, 2.45) is 7.05 Å². The summed E-state index contributed by atoms with van der Waals surface area (Å²) in [7, 11) is 3.03. The molecule has 0 saturated carbocycles. The number of hydrogen-bond acceptors (Lipinski definition) is 3. The molecule has 0 aliphatic rings. The number of hydrogen-bond donors (Lipinski definition) is 0. The Balaban J connectivity index is 2.18. The second-order valence-electron chi connectivity index (χ2n) is 4.43. The van der Waals surface area contributed by atoms with E-state index < -0.39 is 0 Å². The summed E-state index contributed by atoms with van der Waals surface area (Å²) >= 11 is 0. The number of carbonyl (C=O) groups excluding carboxylic acids is 1. The third-order valence-electron chi connectivity index (χ3n) is 2.89. The molecule has 0 N–H and O–H groups in total. The zero-order chi connectivity index (χ0) is 14.7. The topological polar surface area (TPSA) is 55.2 Å². The number of benzene rings is 1. The Morgan fingerprint density at radius 1 is 1.30 bits per heavy atom. The number of nitrogens with zero attached hydrogens (tertiary/aromatic N) is 3. The second kappa shape index (κ2) is 5.64. The maximum Gasteiger partial charge on any atom is 0.274 e. The number of aromatic nitrogens is 2. The number of aryl methyl sites for hydroxylation is 1. The van der Waals surface area contributed by atoms with Crippen molar-refractivity contribution < 1.29 is 9.18 Å². The van der Waals surface area contributed by atoms with Crippen molar-refractivity contribution in [3.05, 3.63) is 63.8 Å². The summed E-state index contributed by atoms with van der Waals surface area (Å²) in [6.07, 6.45) is 0. The van der Waals surface area contributed by atoms with Gasteiger partial charge >= 0.3 is 0 Å². The van der Waals surface area contributed by atoms with Crippen molar-refractivity contribution in [3.8, 4) is 0 Å². The molecular formula is C14H14FN3O2. The fraction of sp³-hybridized carbons (Fsp3) is 0.214. The summed E-state index contributed by atoms with van der Waals surface area (Å²) in [5.41, 5.74) is 0.275. The molecule has 0 unspecified atom stereocenters. The highest BCUT2D eigenvalue weighted by atomic mass is 19.1. The van der Waals surface area contributed by atoms with E-state index in [1.807, 2.05) is 0 Å². The monoisotopic (exact) mass is 275 g/mol. The van der Waals surface area contributed by atoms with Crippen LogP contribution >= 0.6 is 0 Å². The van der Waals surface area contributed by atoms with Gasteiger partial charge in [0.15, 0.2) is 0 Å². The first kappa shape index (κ1) is 13.9. The Kier molecular flexibility index (Phi) is 3.93. The van der Waals surface area contributed by atoms with Gasteiger partial charge in [0.05, 0.1) is 0 Å². The Morgan fingerprint density at radius 2 is 2.00 bits per heavy atom. The van der Waals surface area contributed by atoms with E-state index >= 15 is 0 Å². The smallest absolute Gasteiger partial charge is 0.274 e. The lowest BCUT2D eigenvalue weighted by Crippen LogP contribution is -2.30. The second-order valence-corrected chi connectivity index (χ2v) is 4.43. The molecule has 0 fully saturated rings. The lowest BCUT2D eigenvalue weighted by Gasteiger charge is -2.17. The fourth-order valence-electron chi connectivity index (χ4n) is 1.77. The molecule has 1 aromatic carbocycles. The van der Waals surface area contributed by atoms with Gasteiger partial charge in [-0.2, -0.15) is 5.10 Å². The van der Waals surface area contributed by atoms with E-state index in [0.29, 0.717) is 5.56 Å². The van der Waals surface area contributed by atoms with E-state index in [4.69, 9.17) is 0 Å². The van der Waals surface area contributed by atoms with E-state index in [-0.39, 0.29) is 29.5 Å². The van der Waals surface area contributed by atoms with Crippen LogP contribution in [0, 0.1) is 5.82 Å². The SMILES string of the molecule is CN(Cc1ccccc1F)C(=O)c1ccc(=O)n(C)n1. The van der Waals surface area contributed by atoms with Crippen molar-refractivity contribution >= 4 is 5.91 Å². The minimum atomic E-state index is -0.371. The quantitative estimate of drug-likeness (QED) is 0.845. The molecular weight excluding hydrogens is 261 g/mol. The molecule has 0 aliphatic carbocycles. The highest BCUT2D eigenvalue weighted by Crippen LogP contribution is 2.10. The van der Waals surface area contributed by atoms with Crippen molar-refractivity contribution in [2.75, 3.05) is 7.05 Å². The maximum absolute atomic E-state index is 13.5. The van der Waals surface area contributed by atoms with Crippen molar-refractivity contribution in [3.63, 3.8) is 0 Å². The average Bonchev–Trinajstić information content (AvgIpc) is 2.43. The molecule has 20 heavy (non-hydrogen) atoms. The molecule has 0 radical (unpaired) electrons. The summed E-state index contributed by atoms with van der Waals surface area (Å²) in [6.45, 7) is 0.135. The van der Waals surface area contributed by atoms with Gasteiger partial charge in [0, 0.05) is 32.3 Å². The summed E-state index contributed by atoms with van der Waals surface area (Å²) in [5, 5.41) is 3.88. The van der Waals surface area contributed by atoms with Crippen LogP contribution in [0.25, 0.3) is 0 Å². The molecule has 0 saturated heterocycles. The maximum atomic E-state index is 13.5. The number of carbonyl (C=O) groups is 1. The van der Waals surface area contributed by atoms with Crippen LogP contribution in [0.15, 0.2) is 41.2 Å². The van der Waals surface area contributed by atoms with Gasteiger partial charge in [-0.25, -0.2) is 9.07 Å². The standard InChI is InChI=1S/C14H14FN3O2/c1-17(9-10-5-3-4-6-11(10)15)14(20)12-7-8-13(19)18(2)16-12/h3-8H,9H2,1-2H3. The first-order chi connectivity index (χ1) is 9.49.